The first-order valence-corrected chi connectivity index (χ1v) is 13.3. The minimum Gasteiger partial charge on any atom is -0.325 e. The molecule has 0 saturated heterocycles. The zero-order chi connectivity index (χ0) is 40.5. The van der Waals surface area contributed by atoms with Crippen LogP contribution in [-0.2, 0) is 10.2 Å². The van der Waals surface area contributed by atoms with Gasteiger partial charge in [-0.1, -0.05) is 47.5 Å². The van der Waals surface area contributed by atoms with Gasteiger partial charge in [-0.15, -0.1) is 0 Å². The third-order valence-corrected chi connectivity index (χ3v) is 7.65. The topological polar surface area (TPSA) is 29.1 Å². The number of rotatable bonds is 13. The maximum atomic E-state index is 15.2. The average molecular weight is 785 g/mol. The van der Waals surface area contributed by atoms with Crippen LogP contribution in [-0.4, -0.2) is 65.4 Å². The molecular formula is C28H20F21NO. The van der Waals surface area contributed by atoms with Crippen LogP contribution in [0.5, 0.6) is 0 Å². The molecule has 0 bridgehead atoms. The maximum absolute atomic E-state index is 15.2. The summed E-state index contributed by atoms with van der Waals surface area (Å²) in [6.07, 6.45) is -11.2. The molecule has 0 radical (unpaired) electrons. The predicted molar refractivity (Wildman–Crippen MR) is 134 cm³/mol. The Hall–Kier alpha value is -3.56. The number of hydrogen-bond donors (Lipinski definition) is 1. The van der Waals surface area contributed by atoms with Crippen molar-refractivity contribution in [1.29, 1.82) is 0 Å². The minimum absolute atomic E-state index is 0.266. The van der Waals surface area contributed by atoms with Crippen LogP contribution in [0.25, 0.3) is 0 Å². The number of benzene rings is 2. The Morgan fingerprint density at radius 2 is 0.765 bits per heavy atom. The summed E-state index contributed by atoms with van der Waals surface area (Å²) in [6, 6.07) is 8.21. The summed E-state index contributed by atoms with van der Waals surface area (Å²) in [4.78, 5) is 13.2. The molecule has 0 aromatic heterocycles. The molecule has 1 N–H and O–H groups in total. The lowest BCUT2D eigenvalue weighted by atomic mass is 9.74. The summed E-state index contributed by atoms with van der Waals surface area (Å²) < 4.78 is 291. The second kappa shape index (κ2) is 12.5. The van der Waals surface area contributed by atoms with Crippen LogP contribution in [0.2, 0.25) is 0 Å². The van der Waals surface area contributed by atoms with Gasteiger partial charge in [-0.25, -0.2) is 0 Å². The molecule has 1 amide bonds. The van der Waals surface area contributed by atoms with Gasteiger partial charge in [0.15, 0.2) is 0 Å². The zero-order valence-corrected chi connectivity index (χ0v) is 25.2. The maximum Gasteiger partial charge on any atom is 0.460 e. The molecule has 0 heterocycles. The quantitative estimate of drug-likeness (QED) is 0.201. The number of hydrogen-bond acceptors (Lipinski definition) is 1. The number of nitrogens with one attached hydrogen (secondary N) is 1. The lowest BCUT2D eigenvalue weighted by molar-refractivity contribution is -0.474. The van der Waals surface area contributed by atoms with Gasteiger partial charge in [0.2, 0.25) is 5.91 Å². The largest absolute Gasteiger partial charge is 0.460 e. The molecule has 23 heteroatoms. The first kappa shape index (κ1) is 43.6. The molecule has 0 saturated carbocycles. The summed E-state index contributed by atoms with van der Waals surface area (Å²) in [5.41, 5.74) is -3.62. The number of amides is 1. The fourth-order valence-corrected chi connectivity index (χ4v) is 4.29. The Bertz CT molecular complexity index is 1560. The Kier molecular flexibility index (Phi) is 10.7. The molecule has 2 nitrogen and oxygen atoms in total. The standard InChI is InChI=1S/C28H20F21NO/c1-13-4-8-15(9-5-13)18(3,17(51)50-16-10-6-14(2)7-11-16)12-19(29,30)20(31,32)21(33,34)22(35,36)23(37,38)24(39,40)25(41,42)26(43,44)27(45,46)28(47,48)49/h4-11H,12H2,1-3H3,(H,50,51)/t18-/m1/s1. The highest BCUT2D eigenvalue weighted by molar-refractivity contribution is 5.99. The monoisotopic (exact) mass is 785 g/mol. The molecule has 2 aromatic carbocycles. The molecule has 0 spiro atoms. The van der Waals surface area contributed by atoms with Crippen molar-refractivity contribution in [2.45, 2.75) is 92.1 Å². The highest BCUT2D eigenvalue weighted by atomic mass is 19.4. The average Bonchev–Trinajstić information content (AvgIpc) is 2.96. The van der Waals surface area contributed by atoms with Gasteiger partial charge in [-0.3, -0.25) is 4.79 Å². The molecule has 290 valence electrons. The van der Waals surface area contributed by atoms with E-state index in [0.29, 0.717) is 12.5 Å². The van der Waals surface area contributed by atoms with Gasteiger partial charge in [0.05, 0.1) is 5.41 Å². The second-order valence-electron chi connectivity index (χ2n) is 11.5. The van der Waals surface area contributed by atoms with E-state index in [1.807, 2.05) is 5.32 Å². The molecule has 51 heavy (non-hydrogen) atoms. The molecule has 0 unspecified atom stereocenters. The van der Waals surface area contributed by atoms with Gasteiger partial charge in [0.25, 0.3) is 0 Å². The molecule has 0 aliphatic carbocycles. The van der Waals surface area contributed by atoms with Gasteiger partial charge in [-0.05, 0) is 38.5 Å². The molecule has 0 aliphatic rings. The van der Waals surface area contributed by atoms with E-state index in [1.54, 1.807) is 0 Å². The Labute approximate surface area is 272 Å². The smallest absolute Gasteiger partial charge is 0.325 e. The Morgan fingerprint density at radius 3 is 1.10 bits per heavy atom. The van der Waals surface area contributed by atoms with Crippen LogP contribution in [0.3, 0.4) is 0 Å². The van der Waals surface area contributed by atoms with Crippen LogP contribution >= 0.6 is 0 Å². The van der Waals surface area contributed by atoms with E-state index in [-0.39, 0.29) is 11.3 Å². The van der Waals surface area contributed by atoms with Crippen molar-refractivity contribution in [2.75, 3.05) is 5.32 Å². The minimum atomic E-state index is -9.26. The van der Waals surface area contributed by atoms with Crippen molar-refractivity contribution in [1.82, 2.24) is 0 Å². The van der Waals surface area contributed by atoms with E-state index in [0.717, 1.165) is 36.4 Å². The lowest BCUT2D eigenvalue weighted by Crippen LogP contribution is -2.77. The van der Waals surface area contributed by atoms with E-state index in [9.17, 15) is 88.2 Å². The number of anilines is 1. The van der Waals surface area contributed by atoms with E-state index in [2.05, 4.69) is 0 Å². The van der Waals surface area contributed by atoms with Gasteiger partial charge < -0.3 is 5.32 Å². The molecule has 2 rings (SSSR count). The second-order valence-corrected chi connectivity index (χ2v) is 11.5. The van der Waals surface area contributed by atoms with Crippen LogP contribution in [0.15, 0.2) is 48.5 Å². The van der Waals surface area contributed by atoms with Crippen LogP contribution in [0, 0.1) is 13.8 Å². The van der Waals surface area contributed by atoms with Crippen molar-refractivity contribution in [3.63, 3.8) is 0 Å². The Balaban J connectivity index is 2.73. The molecule has 1 atom stereocenters. The first-order chi connectivity index (χ1) is 22.3. The fourth-order valence-electron chi connectivity index (χ4n) is 4.29. The van der Waals surface area contributed by atoms with Crippen molar-refractivity contribution < 1.29 is 97.0 Å². The van der Waals surface area contributed by atoms with E-state index < -0.39 is 82.8 Å². The van der Waals surface area contributed by atoms with E-state index >= 15 is 8.78 Å². The summed E-state index contributed by atoms with van der Waals surface area (Å²) in [6.45, 7) is 3.14. The van der Waals surface area contributed by atoms with Crippen molar-refractivity contribution >= 4 is 11.6 Å². The number of carbonyl (C=O) groups is 1. The molecular weight excluding hydrogens is 765 g/mol. The normalized spacial score (nSPS) is 16.2. The lowest BCUT2D eigenvalue weighted by Gasteiger charge is -2.45. The fraction of sp³-hybridized carbons (Fsp3) is 0.536. The molecule has 0 aliphatic heterocycles. The summed E-state index contributed by atoms with van der Waals surface area (Å²) >= 11 is 0. The Morgan fingerprint density at radius 1 is 0.471 bits per heavy atom. The summed E-state index contributed by atoms with van der Waals surface area (Å²) in [5, 5.41) is 1.90. The van der Waals surface area contributed by atoms with Crippen molar-refractivity contribution in [3.8, 4) is 0 Å². The first-order valence-electron chi connectivity index (χ1n) is 13.3. The van der Waals surface area contributed by atoms with E-state index in [1.165, 1.54) is 26.0 Å². The zero-order valence-electron chi connectivity index (χ0n) is 25.2. The predicted octanol–water partition coefficient (Wildman–Crippen LogP) is 10.9. The van der Waals surface area contributed by atoms with Gasteiger partial charge in [-0.2, -0.15) is 92.2 Å². The number of carbonyl (C=O) groups excluding carboxylic acids is 1. The molecule has 2 aromatic rings. The van der Waals surface area contributed by atoms with Crippen LogP contribution in [0.4, 0.5) is 97.9 Å². The highest BCUT2D eigenvalue weighted by Gasteiger charge is 2.97. The highest BCUT2D eigenvalue weighted by Crippen LogP contribution is 2.66. The number of alkyl halides is 21. The third kappa shape index (κ3) is 6.43. The molecule has 0 fully saturated rings. The van der Waals surface area contributed by atoms with E-state index in [4.69, 9.17) is 0 Å². The van der Waals surface area contributed by atoms with Gasteiger partial charge in [0, 0.05) is 12.1 Å². The summed E-state index contributed by atoms with van der Waals surface area (Å²) in [7, 11) is 0. The van der Waals surface area contributed by atoms with Crippen molar-refractivity contribution in [2.24, 2.45) is 0 Å². The third-order valence-electron chi connectivity index (χ3n) is 7.65. The van der Waals surface area contributed by atoms with Crippen LogP contribution in [0.1, 0.15) is 30.0 Å². The summed E-state index contributed by atoms with van der Waals surface area (Å²) in [5.74, 6) is -80.0. The van der Waals surface area contributed by atoms with Gasteiger partial charge in [0.1, 0.15) is 0 Å². The number of halogens is 21. The van der Waals surface area contributed by atoms with Gasteiger partial charge >= 0.3 is 59.5 Å². The SMILES string of the molecule is Cc1ccc(NC(=O)[C@](C)(CC(F)(F)C(F)(F)C(F)(F)C(F)(F)C(F)(F)C(F)(F)C(F)(F)C(F)(F)C(F)(F)C(F)(F)F)c2ccc(C)cc2)cc1. The van der Waals surface area contributed by atoms with Crippen LogP contribution < -0.4 is 5.32 Å². The number of aryl methyl sites for hydroxylation is 2. The van der Waals surface area contributed by atoms with Crippen molar-refractivity contribution in [3.05, 3.63) is 65.2 Å².